The molecule has 0 bridgehead atoms. The molecule has 0 aliphatic rings. The Morgan fingerprint density at radius 1 is 0.897 bits per heavy atom. The van der Waals surface area contributed by atoms with Crippen LogP contribution < -0.4 is 4.74 Å². The number of esters is 2. The van der Waals surface area contributed by atoms with Crippen molar-refractivity contribution in [1.82, 2.24) is 0 Å². The second-order valence-corrected chi connectivity index (χ2v) is 7.62. The van der Waals surface area contributed by atoms with E-state index in [4.69, 9.17) is 9.47 Å². The van der Waals surface area contributed by atoms with Crippen molar-refractivity contribution in [1.29, 1.82) is 0 Å². The Labute approximate surface area is 179 Å². The highest BCUT2D eigenvalue weighted by atomic mass is 79.9. The molecule has 0 aliphatic heterocycles. The van der Waals surface area contributed by atoms with Gasteiger partial charge in [-0.3, -0.25) is 0 Å². The van der Waals surface area contributed by atoms with Crippen LogP contribution in [0.15, 0.2) is 46.9 Å². The molecule has 2 rings (SSSR count). The van der Waals surface area contributed by atoms with Crippen LogP contribution in [0.3, 0.4) is 0 Å². The van der Waals surface area contributed by atoms with E-state index in [2.05, 4.69) is 22.9 Å². The van der Waals surface area contributed by atoms with Crippen LogP contribution in [0.1, 0.15) is 72.6 Å². The number of hydrogen-bond acceptors (Lipinski definition) is 4. The van der Waals surface area contributed by atoms with E-state index in [1.54, 1.807) is 12.1 Å². The van der Waals surface area contributed by atoms with Crippen molar-refractivity contribution in [2.24, 2.45) is 0 Å². The second-order valence-electron chi connectivity index (χ2n) is 6.77. The zero-order chi connectivity index (χ0) is 21.1. The zero-order valence-corrected chi connectivity index (χ0v) is 18.2. The van der Waals surface area contributed by atoms with Gasteiger partial charge >= 0.3 is 11.9 Å². The number of halogens is 2. The van der Waals surface area contributed by atoms with Crippen molar-refractivity contribution in [3.8, 4) is 5.75 Å². The van der Waals surface area contributed by atoms with Crippen LogP contribution in [0.5, 0.6) is 5.75 Å². The molecule has 6 heteroatoms. The summed E-state index contributed by atoms with van der Waals surface area (Å²) in [5.41, 5.74) is 0.256. The minimum Gasteiger partial charge on any atom is -0.462 e. The number of unbranched alkanes of at least 4 members (excludes halogenated alkanes) is 6. The van der Waals surface area contributed by atoms with Crippen LogP contribution in [0, 0.1) is 5.82 Å². The molecule has 0 unspecified atom stereocenters. The van der Waals surface area contributed by atoms with Gasteiger partial charge in [-0.2, -0.15) is 0 Å². The third kappa shape index (κ3) is 7.61. The third-order valence-corrected chi connectivity index (χ3v) is 5.06. The minimum absolute atomic E-state index is 0.105. The number of carbonyl (C=O) groups excluding carboxylic acids is 2. The van der Waals surface area contributed by atoms with Crippen LogP contribution in [0.4, 0.5) is 4.39 Å². The van der Waals surface area contributed by atoms with E-state index in [0.717, 1.165) is 19.3 Å². The molecule has 0 saturated heterocycles. The number of benzene rings is 2. The summed E-state index contributed by atoms with van der Waals surface area (Å²) in [7, 11) is 0. The van der Waals surface area contributed by atoms with E-state index in [1.165, 1.54) is 56.0 Å². The predicted molar refractivity (Wildman–Crippen MR) is 114 cm³/mol. The lowest BCUT2D eigenvalue weighted by Crippen LogP contribution is -2.16. The van der Waals surface area contributed by atoms with E-state index in [1.807, 2.05) is 0 Å². The van der Waals surface area contributed by atoms with Crippen molar-refractivity contribution in [2.45, 2.75) is 51.9 Å². The summed E-state index contributed by atoms with van der Waals surface area (Å²) in [6.07, 6.45) is 7.87. The maximum absolute atomic E-state index is 13.2. The maximum Gasteiger partial charge on any atom is 0.344 e. The molecule has 0 atom stereocenters. The number of ether oxygens (including phenoxy) is 2. The summed E-state index contributed by atoms with van der Waals surface area (Å²) in [4.78, 5) is 25.0. The van der Waals surface area contributed by atoms with Gasteiger partial charge < -0.3 is 9.47 Å². The lowest BCUT2D eigenvalue weighted by Gasteiger charge is -2.10. The minimum atomic E-state index is -0.708. The topological polar surface area (TPSA) is 52.6 Å². The summed E-state index contributed by atoms with van der Waals surface area (Å²) in [6.45, 7) is 2.51. The molecule has 29 heavy (non-hydrogen) atoms. The molecule has 0 saturated carbocycles. The van der Waals surface area contributed by atoms with Gasteiger partial charge in [0, 0.05) is 0 Å². The second kappa shape index (κ2) is 12.4. The largest absolute Gasteiger partial charge is 0.462 e. The van der Waals surface area contributed by atoms with Crippen LogP contribution in [-0.2, 0) is 4.74 Å². The summed E-state index contributed by atoms with van der Waals surface area (Å²) >= 11 is 3.16. The van der Waals surface area contributed by atoms with Crippen molar-refractivity contribution in [3.63, 3.8) is 0 Å². The van der Waals surface area contributed by atoms with Gasteiger partial charge in [-0.25, -0.2) is 14.0 Å². The highest BCUT2D eigenvalue weighted by Crippen LogP contribution is 2.26. The number of carbonyl (C=O) groups is 2. The summed E-state index contributed by atoms with van der Waals surface area (Å²) in [6, 6.07) is 10.1. The molecule has 0 N–H and O–H groups in total. The summed E-state index contributed by atoms with van der Waals surface area (Å²) < 4.78 is 24.1. The normalized spacial score (nSPS) is 10.6. The van der Waals surface area contributed by atoms with Gasteiger partial charge in [-0.1, -0.05) is 57.6 Å². The summed E-state index contributed by atoms with van der Waals surface area (Å²) in [5.74, 6) is -1.55. The van der Waals surface area contributed by atoms with Crippen LogP contribution >= 0.6 is 15.9 Å². The van der Waals surface area contributed by atoms with Gasteiger partial charge in [0.05, 0.1) is 22.2 Å². The Morgan fingerprint density at radius 2 is 1.52 bits per heavy atom. The van der Waals surface area contributed by atoms with Gasteiger partial charge in [-0.15, -0.1) is 0 Å². The predicted octanol–water partition coefficient (Wildman–Crippen LogP) is 6.71. The Balaban J connectivity index is 1.90. The molecule has 0 amide bonds. The van der Waals surface area contributed by atoms with Gasteiger partial charge in [0.1, 0.15) is 11.6 Å². The number of hydrogen-bond donors (Lipinski definition) is 0. The molecule has 4 nitrogen and oxygen atoms in total. The zero-order valence-electron chi connectivity index (χ0n) is 16.6. The van der Waals surface area contributed by atoms with E-state index < -0.39 is 17.8 Å². The first-order valence-corrected chi connectivity index (χ1v) is 10.8. The van der Waals surface area contributed by atoms with E-state index in [-0.39, 0.29) is 16.9 Å². The molecule has 0 radical (unpaired) electrons. The van der Waals surface area contributed by atoms with Crippen molar-refractivity contribution >= 4 is 27.9 Å². The first-order chi connectivity index (χ1) is 14.0. The smallest absolute Gasteiger partial charge is 0.344 e. The maximum atomic E-state index is 13.2. The monoisotopic (exact) mass is 464 g/mol. The number of rotatable bonds is 11. The third-order valence-electron chi connectivity index (χ3n) is 4.44. The Kier molecular flexibility index (Phi) is 9.84. The molecule has 2 aromatic rings. The van der Waals surface area contributed by atoms with Crippen LogP contribution in [0.25, 0.3) is 0 Å². The average molecular weight is 465 g/mol. The molecule has 0 heterocycles. The van der Waals surface area contributed by atoms with E-state index >= 15 is 0 Å². The first-order valence-electron chi connectivity index (χ1n) is 9.96. The molecule has 0 fully saturated rings. The quantitative estimate of drug-likeness (QED) is 0.210. The van der Waals surface area contributed by atoms with Crippen molar-refractivity contribution < 1.29 is 23.5 Å². The van der Waals surface area contributed by atoms with Gasteiger partial charge in [-0.05, 0) is 52.7 Å². The Morgan fingerprint density at radius 3 is 2.17 bits per heavy atom. The van der Waals surface area contributed by atoms with Gasteiger partial charge in [0.25, 0.3) is 0 Å². The molecule has 0 aliphatic carbocycles. The molecular weight excluding hydrogens is 439 g/mol. The van der Waals surface area contributed by atoms with Crippen molar-refractivity contribution in [3.05, 3.63) is 63.9 Å². The van der Waals surface area contributed by atoms with Crippen LogP contribution in [-0.4, -0.2) is 18.5 Å². The summed E-state index contributed by atoms with van der Waals surface area (Å²) in [5, 5.41) is 0. The molecular formula is C23H26BrFO4. The van der Waals surface area contributed by atoms with E-state index in [0.29, 0.717) is 11.1 Å². The van der Waals surface area contributed by atoms with Gasteiger partial charge in [0.2, 0.25) is 0 Å². The molecule has 0 spiro atoms. The highest BCUT2D eigenvalue weighted by Gasteiger charge is 2.20. The highest BCUT2D eigenvalue weighted by molar-refractivity contribution is 9.10. The Bertz CT molecular complexity index is 822. The molecule has 156 valence electrons. The Hall–Kier alpha value is -2.21. The molecule has 2 aromatic carbocycles. The standard InChI is InChI=1S/C23H26BrFO4/c1-2-3-4-5-6-7-10-15-28-22(26)18-11-8-9-12-19(18)23(27)29-21-14-13-17(25)16-20(21)24/h8-9,11-14,16H,2-7,10,15H2,1H3. The van der Waals surface area contributed by atoms with Crippen molar-refractivity contribution in [2.75, 3.05) is 6.61 Å². The van der Waals surface area contributed by atoms with Gasteiger partial charge in [0.15, 0.2) is 0 Å². The fraction of sp³-hybridized carbons (Fsp3) is 0.391. The lowest BCUT2D eigenvalue weighted by molar-refractivity contribution is 0.0489. The SMILES string of the molecule is CCCCCCCCCOC(=O)c1ccccc1C(=O)Oc1ccc(F)cc1Br. The lowest BCUT2D eigenvalue weighted by atomic mass is 10.1. The molecule has 0 aromatic heterocycles. The van der Waals surface area contributed by atoms with Crippen LogP contribution in [0.2, 0.25) is 0 Å². The fourth-order valence-electron chi connectivity index (χ4n) is 2.85. The fourth-order valence-corrected chi connectivity index (χ4v) is 3.29. The first kappa shape index (κ1) is 23.1. The average Bonchev–Trinajstić information content (AvgIpc) is 2.71. The van der Waals surface area contributed by atoms with E-state index in [9.17, 15) is 14.0 Å².